The molecule has 1 atom stereocenters. The highest BCUT2D eigenvalue weighted by Gasteiger charge is 2.21. The molecule has 0 aliphatic carbocycles. The number of rotatable bonds is 2. The number of carboxylic acids is 1. The van der Waals surface area contributed by atoms with Gasteiger partial charge in [-0.2, -0.15) is 0 Å². The Balaban J connectivity index is 2.26. The van der Waals surface area contributed by atoms with E-state index in [-0.39, 0.29) is 12.3 Å². The molecule has 0 saturated heterocycles. The Kier molecular flexibility index (Phi) is 2.39. The Bertz CT molecular complexity index is 349. The van der Waals surface area contributed by atoms with Crippen molar-refractivity contribution in [1.82, 2.24) is 0 Å². The van der Waals surface area contributed by atoms with Crippen molar-refractivity contribution in [3.05, 3.63) is 29.8 Å². The summed E-state index contributed by atoms with van der Waals surface area (Å²) in [5.74, 6) is -0.545. The van der Waals surface area contributed by atoms with Gasteiger partial charge in [0.15, 0.2) is 0 Å². The smallest absolute Gasteiger partial charge is 0.303 e. The van der Waals surface area contributed by atoms with Gasteiger partial charge in [0.25, 0.3) is 0 Å². The van der Waals surface area contributed by atoms with E-state index in [1.807, 2.05) is 24.3 Å². The van der Waals surface area contributed by atoms with E-state index in [1.165, 1.54) is 0 Å². The summed E-state index contributed by atoms with van der Waals surface area (Å²) in [5, 5.41) is 12.0. The quantitative estimate of drug-likeness (QED) is 0.752. The maximum absolute atomic E-state index is 10.7. The average molecular weight is 191 g/mol. The van der Waals surface area contributed by atoms with Crippen LogP contribution in [0.5, 0.6) is 0 Å². The van der Waals surface area contributed by atoms with Gasteiger partial charge in [0.2, 0.25) is 0 Å². The van der Waals surface area contributed by atoms with Crippen LogP contribution in [0.25, 0.3) is 0 Å². The van der Waals surface area contributed by atoms with Gasteiger partial charge in [-0.15, -0.1) is 0 Å². The zero-order valence-electron chi connectivity index (χ0n) is 7.86. The standard InChI is InChI=1S/C11H13NO2/c13-11(14)7-8-5-6-12-10-4-2-1-3-9(8)10/h1-4,8,12H,5-7H2,(H,13,14). The lowest BCUT2D eigenvalue weighted by Gasteiger charge is -2.25. The van der Waals surface area contributed by atoms with E-state index in [9.17, 15) is 4.79 Å². The number of anilines is 1. The molecule has 0 fully saturated rings. The molecule has 0 saturated carbocycles. The maximum Gasteiger partial charge on any atom is 0.303 e. The highest BCUT2D eigenvalue weighted by molar-refractivity contribution is 5.69. The van der Waals surface area contributed by atoms with E-state index in [0.29, 0.717) is 0 Å². The summed E-state index contributed by atoms with van der Waals surface area (Å²) in [5.41, 5.74) is 2.23. The van der Waals surface area contributed by atoms with Crippen LogP contribution in [-0.2, 0) is 4.79 Å². The molecule has 1 aliphatic rings. The summed E-state index contributed by atoms with van der Waals surface area (Å²) in [7, 11) is 0. The van der Waals surface area contributed by atoms with Crippen LogP contribution in [0.4, 0.5) is 5.69 Å². The van der Waals surface area contributed by atoms with Crippen LogP contribution in [0.3, 0.4) is 0 Å². The second-order valence-corrected chi connectivity index (χ2v) is 3.60. The minimum absolute atomic E-state index is 0.171. The Morgan fingerprint density at radius 2 is 2.29 bits per heavy atom. The van der Waals surface area contributed by atoms with Gasteiger partial charge < -0.3 is 10.4 Å². The first kappa shape index (κ1) is 9.06. The van der Waals surface area contributed by atoms with E-state index in [4.69, 9.17) is 5.11 Å². The molecule has 3 heteroatoms. The van der Waals surface area contributed by atoms with E-state index in [1.54, 1.807) is 0 Å². The molecule has 0 bridgehead atoms. The molecule has 1 aromatic rings. The molecule has 2 N–H and O–H groups in total. The fourth-order valence-electron chi connectivity index (χ4n) is 1.97. The molecule has 0 aromatic heterocycles. The molecule has 1 aromatic carbocycles. The number of para-hydroxylation sites is 1. The summed E-state index contributed by atoms with van der Waals surface area (Å²) in [6, 6.07) is 7.94. The van der Waals surface area contributed by atoms with Gasteiger partial charge in [0, 0.05) is 12.2 Å². The largest absolute Gasteiger partial charge is 0.481 e. The topological polar surface area (TPSA) is 49.3 Å². The first-order valence-electron chi connectivity index (χ1n) is 4.82. The lowest BCUT2D eigenvalue weighted by molar-refractivity contribution is -0.137. The first-order valence-corrected chi connectivity index (χ1v) is 4.82. The summed E-state index contributed by atoms with van der Waals surface area (Å²) < 4.78 is 0. The first-order chi connectivity index (χ1) is 6.77. The monoisotopic (exact) mass is 191 g/mol. The van der Waals surface area contributed by atoms with Gasteiger partial charge in [0.1, 0.15) is 0 Å². The Hall–Kier alpha value is -1.51. The van der Waals surface area contributed by atoms with Crippen LogP contribution in [0.1, 0.15) is 24.3 Å². The van der Waals surface area contributed by atoms with Crippen LogP contribution in [-0.4, -0.2) is 17.6 Å². The van der Waals surface area contributed by atoms with E-state index in [2.05, 4.69) is 5.32 Å². The fraction of sp³-hybridized carbons (Fsp3) is 0.364. The fourth-order valence-corrected chi connectivity index (χ4v) is 1.97. The van der Waals surface area contributed by atoms with E-state index < -0.39 is 5.97 Å². The molecule has 74 valence electrons. The molecule has 14 heavy (non-hydrogen) atoms. The summed E-state index contributed by atoms with van der Waals surface area (Å²) >= 11 is 0. The highest BCUT2D eigenvalue weighted by atomic mass is 16.4. The normalized spacial score (nSPS) is 19.6. The highest BCUT2D eigenvalue weighted by Crippen LogP contribution is 2.33. The third-order valence-electron chi connectivity index (χ3n) is 2.63. The van der Waals surface area contributed by atoms with Crippen molar-refractivity contribution in [2.24, 2.45) is 0 Å². The summed E-state index contributed by atoms with van der Waals surface area (Å²) in [6.45, 7) is 0.870. The van der Waals surface area contributed by atoms with Gasteiger partial charge in [-0.05, 0) is 24.0 Å². The van der Waals surface area contributed by atoms with Gasteiger partial charge in [-0.25, -0.2) is 0 Å². The lowest BCUT2D eigenvalue weighted by atomic mass is 9.88. The third kappa shape index (κ3) is 1.71. The predicted octanol–water partition coefficient (Wildman–Crippen LogP) is 2.06. The van der Waals surface area contributed by atoms with Gasteiger partial charge in [-0.3, -0.25) is 4.79 Å². The molecule has 1 aliphatic heterocycles. The number of aliphatic carboxylic acids is 1. The van der Waals surface area contributed by atoms with Gasteiger partial charge >= 0.3 is 5.97 Å². The second kappa shape index (κ2) is 3.70. The van der Waals surface area contributed by atoms with Crippen molar-refractivity contribution < 1.29 is 9.90 Å². The van der Waals surface area contributed by atoms with Crippen LogP contribution < -0.4 is 5.32 Å². The number of hydrogen-bond acceptors (Lipinski definition) is 2. The SMILES string of the molecule is O=C(O)CC1CCNc2ccccc21. The molecule has 1 unspecified atom stereocenters. The maximum atomic E-state index is 10.7. The van der Waals surface area contributed by atoms with Gasteiger partial charge in [0.05, 0.1) is 6.42 Å². The Morgan fingerprint density at radius 1 is 1.50 bits per heavy atom. The Morgan fingerprint density at radius 3 is 3.07 bits per heavy atom. The van der Waals surface area contributed by atoms with Crippen LogP contribution in [0.2, 0.25) is 0 Å². The minimum Gasteiger partial charge on any atom is -0.481 e. The predicted molar refractivity (Wildman–Crippen MR) is 54.5 cm³/mol. The minimum atomic E-state index is -0.716. The van der Waals surface area contributed by atoms with Crippen molar-refractivity contribution in [3.8, 4) is 0 Å². The molecular formula is C11H13NO2. The molecule has 0 amide bonds. The number of fused-ring (bicyclic) bond motifs is 1. The Labute approximate surface area is 82.8 Å². The molecule has 2 rings (SSSR count). The van der Waals surface area contributed by atoms with Gasteiger partial charge in [-0.1, -0.05) is 18.2 Å². The van der Waals surface area contributed by atoms with Crippen molar-refractivity contribution in [2.45, 2.75) is 18.8 Å². The molecule has 0 spiro atoms. The number of nitrogens with one attached hydrogen (secondary N) is 1. The number of benzene rings is 1. The number of hydrogen-bond donors (Lipinski definition) is 2. The lowest BCUT2D eigenvalue weighted by Crippen LogP contribution is -2.18. The zero-order valence-corrected chi connectivity index (χ0v) is 7.86. The second-order valence-electron chi connectivity index (χ2n) is 3.60. The number of carbonyl (C=O) groups is 1. The van der Waals surface area contributed by atoms with E-state index >= 15 is 0 Å². The third-order valence-corrected chi connectivity index (χ3v) is 2.63. The van der Waals surface area contributed by atoms with E-state index in [0.717, 1.165) is 24.2 Å². The average Bonchev–Trinajstić information content (AvgIpc) is 2.18. The van der Waals surface area contributed by atoms with Crippen LogP contribution in [0, 0.1) is 0 Å². The zero-order chi connectivity index (χ0) is 9.97. The van der Waals surface area contributed by atoms with Crippen LogP contribution >= 0.6 is 0 Å². The van der Waals surface area contributed by atoms with Crippen molar-refractivity contribution in [1.29, 1.82) is 0 Å². The molecule has 0 radical (unpaired) electrons. The summed E-state index contributed by atoms with van der Waals surface area (Å²) in [6.07, 6.45) is 1.14. The van der Waals surface area contributed by atoms with Crippen molar-refractivity contribution in [3.63, 3.8) is 0 Å². The van der Waals surface area contributed by atoms with Crippen LogP contribution in [0.15, 0.2) is 24.3 Å². The van der Waals surface area contributed by atoms with Crippen molar-refractivity contribution in [2.75, 3.05) is 11.9 Å². The molecular weight excluding hydrogens is 178 g/mol. The molecule has 3 nitrogen and oxygen atoms in total. The molecule has 1 heterocycles. The number of carboxylic acid groups (broad SMARTS) is 1. The van der Waals surface area contributed by atoms with Crippen molar-refractivity contribution >= 4 is 11.7 Å². The summed E-state index contributed by atoms with van der Waals surface area (Å²) in [4.78, 5) is 10.7.